The first-order chi connectivity index (χ1) is 15.9. The Labute approximate surface area is 198 Å². The molecule has 0 aromatic heterocycles. The van der Waals surface area contributed by atoms with Crippen LogP contribution in [0.1, 0.15) is 18.1 Å². The third-order valence-electron chi connectivity index (χ3n) is 4.15. The Morgan fingerprint density at radius 1 is 1.26 bits per heavy atom. The standard InChI is InChI=1S/C20H13ClF3N3O6S/c1-9(28)25-19-26-18(29)16(34-19)7-10-5-12(21)17(15(6-10)32-2)33-14-4-3-11(20(22,23)24)8-13(14)27(30)31/h3-8H,1-2H3,(H,25,26,28,29)/b16-7-. The zero-order chi connectivity index (χ0) is 25.2. The lowest BCUT2D eigenvalue weighted by Crippen LogP contribution is -2.23. The summed E-state index contributed by atoms with van der Waals surface area (Å²) in [5.74, 6) is -1.67. The second-order valence-corrected chi connectivity index (χ2v) is 8.03. The van der Waals surface area contributed by atoms with E-state index < -0.39 is 39.9 Å². The first-order valence-electron chi connectivity index (χ1n) is 9.10. The van der Waals surface area contributed by atoms with Gasteiger partial charge in [0.25, 0.3) is 5.91 Å². The van der Waals surface area contributed by atoms with E-state index >= 15 is 0 Å². The molecular formula is C20H13ClF3N3O6S. The van der Waals surface area contributed by atoms with Crippen LogP contribution in [0.2, 0.25) is 5.02 Å². The van der Waals surface area contributed by atoms with Crippen molar-refractivity contribution in [1.29, 1.82) is 0 Å². The zero-order valence-electron chi connectivity index (χ0n) is 17.2. The summed E-state index contributed by atoms with van der Waals surface area (Å²) >= 11 is 7.18. The molecular weight excluding hydrogens is 503 g/mol. The number of ether oxygens (including phenoxy) is 2. The van der Waals surface area contributed by atoms with Gasteiger partial charge >= 0.3 is 11.9 Å². The van der Waals surface area contributed by atoms with Crippen LogP contribution in [0, 0.1) is 10.1 Å². The number of hydrogen-bond acceptors (Lipinski definition) is 7. The van der Waals surface area contributed by atoms with E-state index in [0.717, 1.165) is 17.8 Å². The highest BCUT2D eigenvalue weighted by molar-refractivity contribution is 8.18. The van der Waals surface area contributed by atoms with E-state index in [9.17, 15) is 32.9 Å². The van der Waals surface area contributed by atoms with Gasteiger partial charge in [-0.3, -0.25) is 19.7 Å². The van der Waals surface area contributed by atoms with Crippen molar-refractivity contribution in [2.75, 3.05) is 7.11 Å². The van der Waals surface area contributed by atoms with Crippen molar-refractivity contribution in [2.45, 2.75) is 13.1 Å². The van der Waals surface area contributed by atoms with Crippen molar-refractivity contribution in [3.05, 3.63) is 61.5 Å². The molecule has 1 heterocycles. The smallest absolute Gasteiger partial charge is 0.416 e. The van der Waals surface area contributed by atoms with E-state index in [2.05, 4.69) is 10.3 Å². The summed E-state index contributed by atoms with van der Waals surface area (Å²) in [6.07, 6.45) is -3.36. The minimum Gasteiger partial charge on any atom is -0.493 e. The number of amidine groups is 1. The molecule has 3 rings (SSSR count). The minimum absolute atomic E-state index is 0.00741. The number of nitrogens with zero attached hydrogens (tertiary/aromatic N) is 2. The number of amides is 2. The molecule has 9 nitrogen and oxygen atoms in total. The van der Waals surface area contributed by atoms with Gasteiger partial charge < -0.3 is 14.8 Å². The molecule has 1 N–H and O–H groups in total. The van der Waals surface area contributed by atoms with E-state index in [1.807, 2.05) is 0 Å². The summed E-state index contributed by atoms with van der Waals surface area (Å²) in [6.45, 7) is 1.26. The molecule has 0 spiro atoms. The number of nitro benzene ring substituents is 1. The van der Waals surface area contributed by atoms with E-state index in [1.54, 1.807) is 0 Å². The number of nitrogens with one attached hydrogen (secondary N) is 1. The molecule has 1 aliphatic rings. The van der Waals surface area contributed by atoms with Gasteiger partial charge in [0.2, 0.25) is 11.7 Å². The van der Waals surface area contributed by atoms with Crippen LogP contribution in [0.25, 0.3) is 6.08 Å². The maximum Gasteiger partial charge on any atom is 0.416 e. The van der Waals surface area contributed by atoms with Crippen molar-refractivity contribution in [1.82, 2.24) is 5.32 Å². The molecule has 0 unspecified atom stereocenters. The Hall–Kier alpha value is -3.58. The summed E-state index contributed by atoms with van der Waals surface area (Å²) in [6, 6.07) is 4.55. The topological polar surface area (TPSA) is 120 Å². The van der Waals surface area contributed by atoms with Crippen LogP contribution >= 0.6 is 23.4 Å². The second kappa shape index (κ2) is 9.73. The van der Waals surface area contributed by atoms with Crippen LogP contribution in [-0.4, -0.2) is 29.0 Å². The zero-order valence-corrected chi connectivity index (χ0v) is 18.8. The summed E-state index contributed by atoms with van der Waals surface area (Å²) in [7, 11) is 1.25. The summed E-state index contributed by atoms with van der Waals surface area (Å²) in [5, 5.41) is 13.7. The fourth-order valence-corrected chi connectivity index (χ4v) is 3.84. The molecule has 2 aromatic carbocycles. The lowest BCUT2D eigenvalue weighted by Gasteiger charge is -2.14. The monoisotopic (exact) mass is 515 g/mol. The lowest BCUT2D eigenvalue weighted by atomic mass is 10.1. The fourth-order valence-electron chi connectivity index (χ4n) is 2.72. The molecule has 2 aromatic rings. The third-order valence-corrected chi connectivity index (χ3v) is 5.33. The normalized spacial score (nSPS) is 14.7. The molecule has 0 atom stereocenters. The first kappa shape index (κ1) is 25.1. The molecule has 1 aliphatic heterocycles. The summed E-state index contributed by atoms with van der Waals surface area (Å²) in [4.78, 5) is 37.4. The Morgan fingerprint density at radius 2 is 1.97 bits per heavy atom. The van der Waals surface area contributed by atoms with Gasteiger partial charge in [-0.1, -0.05) is 11.6 Å². The molecule has 0 fully saturated rings. The fraction of sp³-hybridized carbons (Fsp3) is 0.150. The first-order valence-corrected chi connectivity index (χ1v) is 10.3. The maximum absolute atomic E-state index is 12.9. The van der Waals surface area contributed by atoms with Gasteiger partial charge in [0.15, 0.2) is 16.7 Å². The highest BCUT2D eigenvalue weighted by Crippen LogP contribution is 2.44. The van der Waals surface area contributed by atoms with Crippen molar-refractivity contribution in [3.63, 3.8) is 0 Å². The number of nitro groups is 1. The number of aliphatic imine (C=N–C) groups is 1. The lowest BCUT2D eigenvalue weighted by molar-refractivity contribution is -0.385. The van der Waals surface area contributed by atoms with Gasteiger partial charge in [-0.25, -0.2) is 0 Å². The maximum atomic E-state index is 12.9. The van der Waals surface area contributed by atoms with E-state index in [-0.39, 0.29) is 26.6 Å². The Balaban J connectivity index is 1.95. The van der Waals surface area contributed by atoms with Crippen molar-refractivity contribution in [3.8, 4) is 17.2 Å². The number of methoxy groups -OCH3 is 1. The van der Waals surface area contributed by atoms with Crippen LogP contribution in [0.5, 0.6) is 17.2 Å². The molecule has 178 valence electrons. The van der Waals surface area contributed by atoms with E-state index in [4.69, 9.17) is 21.1 Å². The molecule has 14 heteroatoms. The van der Waals surface area contributed by atoms with Crippen molar-refractivity contribution in [2.24, 2.45) is 4.99 Å². The number of rotatable bonds is 5. The quantitative estimate of drug-likeness (QED) is 0.331. The minimum atomic E-state index is -4.78. The predicted molar refractivity (Wildman–Crippen MR) is 118 cm³/mol. The molecule has 0 bridgehead atoms. The van der Waals surface area contributed by atoms with Crippen LogP contribution in [-0.2, 0) is 15.8 Å². The SMILES string of the molecule is COc1cc(/C=C2\SC(NC(C)=O)=NC2=O)cc(Cl)c1Oc1ccc(C(F)(F)F)cc1[N+](=O)[O-]. The number of alkyl halides is 3. The average Bonchev–Trinajstić information content (AvgIpc) is 3.06. The van der Waals surface area contributed by atoms with Crippen LogP contribution in [0.3, 0.4) is 0 Å². The van der Waals surface area contributed by atoms with Crippen LogP contribution in [0.15, 0.2) is 40.2 Å². The number of halogens is 4. The summed E-state index contributed by atoms with van der Waals surface area (Å²) < 4.78 is 49.5. The van der Waals surface area contributed by atoms with Gasteiger partial charge in [0.05, 0.1) is 27.5 Å². The van der Waals surface area contributed by atoms with Gasteiger partial charge in [0, 0.05) is 13.0 Å². The van der Waals surface area contributed by atoms with E-state index in [1.165, 1.54) is 32.2 Å². The van der Waals surface area contributed by atoms with Gasteiger partial charge in [-0.15, -0.1) is 0 Å². The number of benzene rings is 2. The molecule has 0 saturated carbocycles. The largest absolute Gasteiger partial charge is 0.493 e. The highest BCUT2D eigenvalue weighted by Gasteiger charge is 2.34. The average molecular weight is 516 g/mol. The highest BCUT2D eigenvalue weighted by atomic mass is 35.5. The number of carbonyl (C=O) groups is 2. The van der Waals surface area contributed by atoms with Gasteiger partial charge in [0.1, 0.15) is 0 Å². The molecule has 34 heavy (non-hydrogen) atoms. The molecule has 0 saturated heterocycles. The molecule has 0 radical (unpaired) electrons. The van der Waals surface area contributed by atoms with E-state index in [0.29, 0.717) is 17.7 Å². The van der Waals surface area contributed by atoms with Crippen molar-refractivity contribution < 1.29 is 37.2 Å². The van der Waals surface area contributed by atoms with Gasteiger partial charge in [-0.05, 0) is 47.7 Å². The Kier molecular flexibility index (Phi) is 7.17. The molecule has 0 aliphatic carbocycles. The number of thioether (sulfide) groups is 1. The van der Waals surface area contributed by atoms with Gasteiger partial charge in [-0.2, -0.15) is 18.2 Å². The van der Waals surface area contributed by atoms with Crippen molar-refractivity contribution >= 4 is 52.1 Å². The molecule has 2 amide bonds. The Bertz CT molecular complexity index is 1260. The third kappa shape index (κ3) is 5.66. The Morgan fingerprint density at radius 3 is 2.56 bits per heavy atom. The van der Waals surface area contributed by atoms with Crippen LogP contribution < -0.4 is 14.8 Å². The van der Waals surface area contributed by atoms with Crippen LogP contribution in [0.4, 0.5) is 18.9 Å². The predicted octanol–water partition coefficient (Wildman–Crippen LogP) is 5.17. The second-order valence-electron chi connectivity index (χ2n) is 6.59. The number of hydrogen-bond donors (Lipinski definition) is 1. The summed E-state index contributed by atoms with van der Waals surface area (Å²) in [5.41, 5.74) is -1.77. The number of carbonyl (C=O) groups excluding carboxylic acids is 2.